The van der Waals surface area contributed by atoms with Crippen molar-refractivity contribution in [3.05, 3.63) is 42.4 Å². The van der Waals surface area contributed by atoms with Crippen LogP contribution in [-0.4, -0.2) is 20.6 Å². The molecular formula is C9H8N2O3. The van der Waals surface area contributed by atoms with E-state index in [0.29, 0.717) is 12.3 Å². The Balaban J connectivity index is 2.25. The molecule has 0 atom stereocenters. The molecule has 0 unspecified atom stereocenters. The molecule has 0 amide bonds. The summed E-state index contributed by atoms with van der Waals surface area (Å²) in [6, 6.07) is 3.54. The van der Waals surface area contributed by atoms with Crippen LogP contribution < -0.4 is 0 Å². The van der Waals surface area contributed by atoms with Crippen molar-refractivity contribution < 1.29 is 14.3 Å². The number of carboxylic acid groups (broad SMARTS) is 1. The summed E-state index contributed by atoms with van der Waals surface area (Å²) in [5.74, 6) is -0.326. The first-order valence-electron chi connectivity index (χ1n) is 4.04. The second kappa shape index (κ2) is 3.37. The first-order valence-corrected chi connectivity index (χ1v) is 4.04. The van der Waals surface area contributed by atoms with Gasteiger partial charge in [0.25, 0.3) is 0 Å². The van der Waals surface area contributed by atoms with Crippen molar-refractivity contribution in [1.82, 2.24) is 9.55 Å². The second-order valence-electron chi connectivity index (χ2n) is 2.76. The summed E-state index contributed by atoms with van der Waals surface area (Å²) in [6.45, 7) is 0.384. The van der Waals surface area contributed by atoms with Gasteiger partial charge in [-0.2, -0.15) is 0 Å². The first-order chi connectivity index (χ1) is 6.77. The number of carbonyl (C=O) groups is 1. The van der Waals surface area contributed by atoms with Crippen LogP contribution in [0.2, 0.25) is 0 Å². The van der Waals surface area contributed by atoms with E-state index in [9.17, 15) is 4.79 Å². The first kappa shape index (κ1) is 8.55. The summed E-state index contributed by atoms with van der Waals surface area (Å²) in [5.41, 5.74) is 0. The molecule has 5 heteroatoms. The van der Waals surface area contributed by atoms with Gasteiger partial charge in [0.1, 0.15) is 5.76 Å². The van der Waals surface area contributed by atoms with Gasteiger partial charge < -0.3 is 14.1 Å². The van der Waals surface area contributed by atoms with Gasteiger partial charge in [0.2, 0.25) is 5.82 Å². The molecule has 2 aromatic heterocycles. The highest BCUT2D eigenvalue weighted by atomic mass is 16.4. The summed E-state index contributed by atoms with van der Waals surface area (Å²) in [5, 5.41) is 8.77. The normalized spacial score (nSPS) is 10.3. The van der Waals surface area contributed by atoms with E-state index in [0.717, 1.165) is 0 Å². The number of carboxylic acids is 1. The van der Waals surface area contributed by atoms with Crippen LogP contribution in [0.1, 0.15) is 16.4 Å². The number of furan rings is 1. The maximum Gasteiger partial charge on any atom is 0.372 e. The van der Waals surface area contributed by atoms with E-state index in [1.54, 1.807) is 24.6 Å². The van der Waals surface area contributed by atoms with Crippen molar-refractivity contribution in [3.8, 4) is 0 Å². The predicted molar refractivity (Wildman–Crippen MR) is 47.0 cm³/mol. The fourth-order valence-corrected chi connectivity index (χ4v) is 1.21. The largest absolute Gasteiger partial charge is 0.475 e. The molecule has 0 saturated heterocycles. The Labute approximate surface area is 79.6 Å². The minimum atomic E-state index is -1.04. The number of imidazole rings is 1. The molecule has 0 aliphatic carbocycles. The fraction of sp³-hybridized carbons (Fsp3) is 0.111. The van der Waals surface area contributed by atoms with Gasteiger partial charge in [0.05, 0.1) is 12.8 Å². The molecule has 14 heavy (non-hydrogen) atoms. The van der Waals surface area contributed by atoms with Gasteiger partial charge in [-0.15, -0.1) is 0 Å². The van der Waals surface area contributed by atoms with E-state index in [-0.39, 0.29) is 5.82 Å². The molecule has 0 saturated carbocycles. The highest BCUT2D eigenvalue weighted by molar-refractivity contribution is 5.83. The predicted octanol–water partition coefficient (Wildman–Crippen LogP) is 1.22. The Morgan fingerprint density at radius 2 is 2.50 bits per heavy atom. The number of aromatic nitrogens is 2. The lowest BCUT2D eigenvalue weighted by Crippen LogP contribution is -2.09. The Morgan fingerprint density at radius 3 is 3.14 bits per heavy atom. The fourth-order valence-electron chi connectivity index (χ4n) is 1.21. The number of aromatic carboxylic acids is 1. The van der Waals surface area contributed by atoms with E-state index < -0.39 is 5.97 Å². The summed E-state index contributed by atoms with van der Waals surface area (Å²) in [4.78, 5) is 14.4. The third-order valence-corrected chi connectivity index (χ3v) is 1.81. The van der Waals surface area contributed by atoms with Gasteiger partial charge in [0.15, 0.2) is 0 Å². The van der Waals surface area contributed by atoms with Crippen molar-refractivity contribution >= 4 is 5.97 Å². The van der Waals surface area contributed by atoms with Crippen molar-refractivity contribution in [2.45, 2.75) is 6.54 Å². The van der Waals surface area contributed by atoms with Gasteiger partial charge in [-0.3, -0.25) is 0 Å². The van der Waals surface area contributed by atoms with Crippen LogP contribution in [-0.2, 0) is 6.54 Å². The molecule has 5 nitrogen and oxygen atoms in total. The molecule has 0 aromatic carbocycles. The van der Waals surface area contributed by atoms with Crippen molar-refractivity contribution in [1.29, 1.82) is 0 Å². The van der Waals surface area contributed by atoms with Gasteiger partial charge in [-0.05, 0) is 12.1 Å². The zero-order valence-corrected chi connectivity index (χ0v) is 7.25. The molecule has 2 rings (SSSR count). The third kappa shape index (κ3) is 1.52. The summed E-state index contributed by atoms with van der Waals surface area (Å²) in [6.07, 6.45) is 4.60. The van der Waals surface area contributed by atoms with Crippen LogP contribution in [0.5, 0.6) is 0 Å². The number of rotatable bonds is 3. The van der Waals surface area contributed by atoms with Crippen LogP contribution in [0.25, 0.3) is 0 Å². The van der Waals surface area contributed by atoms with Gasteiger partial charge in [0, 0.05) is 12.4 Å². The molecule has 0 spiro atoms. The number of nitrogens with zero attached hydrogens (tertiary/aromatic N) is 2. The van der Waals surface area contributed by atoms with Crippen LogP contribution in [0.15, 0.2) is 35.2 Å². The minimum Gasteiger partial charge on any atom is -0.475 e. The van der Waals surface area contributed by atoms with Crippen molar-refractivity contribution in [2.75, 3.05) is 0 Å². The molecule has 2 heterocycles. The zero-order chi connectivity index (χ0) is 9.97. The monoisotopic (exact) mass is 192 g/mol. The van der Waals surface area contributed by atoms with E-state index >= 15 is 0 Å². The quantitative estimate of drug-likeness (QED) is 0.793. The van der Waals surface area contributed by atoms with E-state index in [4.69, 9.17) is 9.52 Å². The van der Waals surface area contributed by atoms with Crippen LogP contribution in [0.3, 0.4) is 0 Å². The van der Waals surface area contributed by atoms with Gasteiger partial charge in [-0.25, -0.2) is 9.78 Å². The Morgan fingerprint density at radius 1 is 1.64 bits per heavy atom. The van der Waals surface area contributed by atoms with Crippen LogP contribution in [0, 0.1) is 0 Å². The summed E-state index contributed by atoms with van der Waals surface area (Å²) < 4.78 is 6.62. The number of hydrogen-bond acceptors (Lipinski definition) is 3. The minimum absolute atomic E-state index is 0.0152. The maximum absolute atomic E-state index is 10.7. The number of hydrogen-bond donors (Lipinski definition) is 1. The molecule has 0 fully saturated rings. The van der Waals surface area contributed by atoms with Gasteiger partial charge >= 0.3 is 5.97 Å². The molecule has 0 bridgehead atoms. The van der Waals surface area contributed by atoms with Crippen LogP contribution in [0.4, 0.5) is 0 Å². The summed E-state index contributed by atoms with van der Waals surface area (Å²) >= 11 is 0. The summed E-state index contributed by atoms with van der Waals surface area (Å²) in [7, 11) is 0. The average molecular weight is 192 g/mol. The van der Waals surface area contributed by atoms with E-state index in [2.05, 4.69) is 4.98 Å². The third-order valence-electron chi connectivity index (χ3n) is 1.81. The van der Waals surface area contributed by atoms with Crippen LogP contribution >= 0.6 is 0 Å². The molecule has 1 N–H and O–H groups in total. The molecule has 72 valence electrons. The molecule has 0 radical (unpaired) electrons. The average Bonchev–Trinajstić information content (AvgIpc) is 2.75. The van der Waals surface area contributed by atoms with E-state index in [1.807, 2.05) is 0 Å². The SMILES string of the molecule is O=C(O)c1nccn1Cc1ccco1. The highest BCUT2D eigenvalue weighted by Gasteiger charge is 2.11. The maximum atomic E-state index is 10.7. The smallest absolute Gasteiger partial charge is 0.372 e. The Hall–Kier alpha value is -2.04. The lowest BCUT2D eigenvalue weighted by atomic mass is 10.4. The molecule has 0 aliphatic rings. The zero-order valence-electron chi connectivity index (χ0n) is 7.25. The van der Waals surface area contributed by atoms with Crippen molar-refractivity contribution in [3.63, 3.8) is 0 Å². The molecule has 0 aliphatic heterocycles. The second-order valence-corrected chi connectivity index (χ2v) is 2.76. The topological polar surface area (TPSA) is 68.3 Å². The molecular weight excluding hydrogens is 184 g/mol. The standard InChI is InChI=1S/C9H8N2O3/c12-9(13)8-10-3-4-11(8)6-7-2-1-5-14-7/h1-5H,6H2,(H,12,13). The van der Waals surface area contributed by atoms with Gasteiger partial charge in [-0.1, -0.05) is 0 Å². The lowest BCUT2D eigenvalue weighted by Gasteiger charge is -2.01. The van der Waals surface area contributed by atoms with Crippen molar-refractivity contribution in [2.24, 2.45) is 0 Å². The Kier molecular flexibility index (Phi) is 2.06. The highest BCUT2D eigenvalue weighted by Crippen LogP contribution is 2.05. The lowest BCUT2D eigenvalue weighted by molar-refractivity contribution is 0.0678. The Bertz CT molecular complexity index is 431. The molecule has 2 aromatic rings. The van der Waals surface area contributed by atoms with E-state index in [1.165, 1.54) is 10.8 Å².